The minimum absolute atomic E-state index is 0.101. The molecular weight excluding hydrogens is 268 g/mol. The number of benzene rings is 1. The number of hydrazine groups is 1. The predicted octanol–water partition coefficient (Wildman–Crippen LogP) is 1.33. The molecule has 0 saturated carbocycles. The summed E-state index contributed by atoms with van der Waals surface area (Å²) in [5.74, 6) is 0.0959. The van der Waals surface area contributed by atoms with Gasteiger partial charge in [-0.2, -0.15) is 0 Å². The van der Waals surface area contributed by atoms with Crippen molar-refractivity contribution in [1.82, 2.24) is 15.8 Å². The monoisotopic (exact) mass is 284 g/mol. The molecule has 1 fully saturated rings. The van der Waals surface area contributed by atoms with E-state index >= 15 is 0 Å². The lowest BCUT2D eigenvalue weighted by molar-refractivity contribution is -0.117. The summed E-state index contributed by atoms with van der Waals surface area (Å²) in [4.78, 5) is 16.1. The largest absolute Gasteiger partial charge is 0.508 e. The van der Waals surface area contributed by atoms with E-state index in [2.05, 4.69) is 21.2 Å². The SMILES string of the molecule is O=C(Nc1cccnc1)C1CC(c2ccccc2O)NN1. The number of pyridine rings is 1. The highest BCUT2D eigenvalue weighted by Crippen LogP contribution is 2.29. The molecule has 2 aromatic rings. The molecule has 0 radical (unpaired) electrons. The summed E-state index contributed by atoms with van der Waals surface area (Å²) in [5.41, 5.74) is 7.44. The number of hydrogen-bond donors (Lipinski definition) is 4. The zero-order valence-corrected chi connectivity index (χ0v) is 11.3. The number of phenols is 1. The topological polar surface area (TPSA) is 86.3 Å². The van der Waals surface area contributed by atoms with E-state index in [1.165, 1.54) is 0 Å². The summed E-state index contributed by atoms with van der Waals surface area (Å²) in [6.07, 6.45) is 3.81. The molecule has 21 heavy (non-hydrogen) atoms. The van der Waals surface area contributed by atoms with Crippen LogP contribution in [0.4, 0.5) is 5.69 Å². The van der Waals surface area contributed by atoms with E-state index in [0.29, 0.717) is 12.1 Å². The number of aromatic nitrogens is 1. The molecule has 1 aromatic heterocycles. The van der Waals surface area contributed by atoms with E-state index in [4.69, 9.17) is 0 Å². The third kappa shape index (κ3) is 3.01. The molecule has 2 heterocycles. The summed E-state index contributed by atoms with van der Waals surface area (Å²) in [6.45, 7) is 0. The Bertz CT molecular complexity index is 633. The van der Waals surface area contributed by atoms with Gasteiger partial charge in [-0.3, -0.25) is 9.78 Å². The van der Waals surface area contributed by atoms with Gasteiger partial charge in [0.2, 0.25) is 5.91 Å². The molecule has 108 valence electrons. The molecular formula is C15H16N4O2. The number of nitrogens with zero attached hydrogens (tertiary/aromatic N) is 1. The van der Waals surface area contributed by atoms with Crippen molar-refractivity contribution in [3.05, 3.63) is 54.4 Å². The van der Waals surface area contributed by atoms with Crippen LogP contribution in [0, 0.1) is 0 Å². The average Bonchev–Trinajstić information content (AvgIpc) is 2.98. The van der Waals surface area contributed by atoms with Crippen LogP contribution in [-0.4, -0.2) is 22.0 Å². The summed E-state index contributed by atoms with van der Waals surface area (Å²) in [7, 11) is 0. The van der Waals surface area contributed by atoms with Crippen molar-refractivity contribution in [2.45, 2.75) is 18.5 Å². The van der Waals surface area contributed by atoms with Crippen LogP contribution in [0.15, 0.2) is 48.8 Å². The number of anilines is 1. The normalized spacial score (nSPS) is 21.1. The first-order chi connectivity index (χ1) is 10.2. The lowest BCUT2D eigenvalue weighted by atomic mass is 10.0. The van der Waals surface area contributed by atoms with Crippen LogP contribution in [0.5, 0.6) is 5.75 Å². The molecule has 1 aliphatic heterocycles. The fourth-order valence-corrected chi connectivity index (χ4v) is 2.38. The van der Waals surface area contributed by atoms with Gasteiger partial charge in [-0.15, -0.1) is 0 Å². The Labute approximate surface area is 122 Å². The molecule has 2 atom stereocenters. The van der Waals surface area contributed by atoms with Gasteiger partial charge < -0.3 is 10.4 Å². The fraction of sp³-hybridized carbons (Fsp3) is 0.200. The van der Waals surface area contributed by atoms with Crippen LogP contribution in [0.2, 0.25) is 0 Å². The Morgan fingerprint density at radius 3 is 2.86 bits per heavy atom. The van der Waals surface area contributed by atoms with E-state index in [1.54, 1.807) is 36.7 Å². The first-order valence-corrected chi connectivity index (χ1v) is 6.74. The van der Waals surface area contributed by atoms with Gasteiger partial charge in [0.1, 0.15) is 11.8 Å². The molecule has 4 N–H and O–H groups in total. The Kier molecular flexibility index (Phi) is 3.81. The van der Waals surface area contributed by atoms with Crippen LogP contribution in [-0.2, 0) is 4.79 Å². The summed E-state index contributed by atoms with van der Waals surface area (Å²) in [5, 5.41) is 12.7. The molecule has 1 aliphatic rings. The van der Waals surface area contributed by atoms with Gasteiger partial charge in [-0.1, -0.05) is 18.2 Å². The zero-order valence-electron chi connectivity index (χ0n) is 11.3. The van der Waals surface area contributed by atoms with Gasteiger partial charge in [0, 0.05) is 11.8 Å². The second-order valence-corrected chi connectivity index (χ2v) is 4.92. The van der Waals surface area contributed by atoms with E-state index in [-0.39, 0.29) is 23.7 Å². The van der Waals surface area contributed by atoms with Crippen molar-refractivity contribution in [3.63, 3.8) is 0 Å². The molecule has 1 saturated heterocycles. The number of aromatic hydroxyl groups is 1. The Morgan fingerprint density at radius 1 is 1.24 bits per heavy atom. The summed E-state index contributed by atoms with van der Waals surface area (Å²) >= 11 is 0. The van der Waals surface area contributed by atoms with Gasteiger partial charge in [0.15, 0.2) is 0 Å². The van der Waals surface area contributed by atoms with Crippen LogP contribution < -0.4 is 16.2 Å². The van der Waals surface area contributed by atoms with Crippen molar-refractivity contribution in [2.75, 3.05) is 5.32 Å². The maximum absolute atomic E-state index is 12.2. The third-order valence-electron chi connectivity index (χ3n) is 3.46. The molecule has 6 nitrogen and oxygen atoms in total. The molecule has 1 aromatic carbocycles. The Morgan fingerprint density at radius 2 is 2.10 bits per heavy atom. The van der Waals surface area contributed by atoms with Gasteiger partial charge in [-0.25, -0.2) is 10.9 Å². The highest BCUT2D eigenvalue weighted by atomic mass is 16.3. The number of hydrogen-bond acceptors (Lipinski definition) is 5. The first kappa shape index (κ1) is 13.5. The van der Waals surface area contributed by atoms with E-state index in [1.807, 2.05) is 12.1 Å². The van der Waals surface area contributed by atoms with E-state index < -0.39 is 0 Å². The van der Waals surface area contributed by atoms with E-state index in [0.717, 1.165) is 5.56 Å². The summed E-state index contributed by atoms with van der Waals surface area (Å²) < 4.78 is 0. The molecule has 0 aliphatic carbocycles. The number of rotatable bonds is 3. The zero-order chi connectivity index (χ0) is 14.7. The van der Waals surface area contributed by atoms with Crippen molar-refractivity contribution in [2.24, 2.45) is 0 Å². The maximum Gasteiger partial charge on any atom is 0.242 e. The number of phenolic OH excluding ortho intramolecular Hbond substituents is 1. The van der Waals surface area contributed by atoms with Crippen molar-refractivity contribution in [1.29, 1.82) is 0 Å². The number of nitrogens with one attached hydrogen (secondary N) is 3. The second kappa shape index (κ2) is 5.90. The predicted molar refractivity (Wildman–Crippen MR) is 78.4 cm³/mol. The van der Waals surface area contributed by atoms with Crippen molar-refractivity contribution >= 4 is 11.6 Å². The number of carbonyl (C=O) groups is 1. The Balaban J connectivity index is 1.64. The lowest BCUT2D eigenvalue weighted by Gasteiger charge is -2.11. The standard InChI is InChI=1S/C15H16N4O2/c20-14-6-2-1-5-11(14)12-8-13(19-18-12)15(21)17-10-4-3-7-16-9-10/h1-7,9,12-13,18-20H,8H2,(H,17,21). The van der Waals surface area contributed by atoms with Gasteiger partial charge in [-0.05, 0) is 24.6 Å². The highest BCUT2D eigenvalue weighted by molar-refractivity contribution is 5.94. The quantitative estimate of drug-likeness (QED) is 0.683. The fourth-order valence-electron chi connectivity index (χ4n) is 2.38. The molecule has 2 unspecified atom stereocenters. The highest BCUT2D eigenvalue weighted by Gasteiger charge is 2.31. The van der Waals surface area contributed by atoms with Crippen LogP contribution >= 0.6 is 0 Å². The number of para-hydroxylation sites is 1. The third-order valence-corrected chi connectivity index (χ3v) is 3.46. The first-order valence-electron chi connectivity index (χ1n) is 6.74. The smallest absolute Gasteiger partial charge is 0.242 e. The summed E-state index contributed by atoms with van der Waals surface area (Å²) in [6, 6.07) is 10.2. The molecule has 3 rings (SSSR count). The molecule has 0 bridgehead atoms. The second-order valence-electron chi connectivity index (χ2n) is 4.92. The molecule has 0 spiro atoms. The van der Waals surface area contributed by atoms with Crippen LogP contribution in [0.25, 0.3) is 0 Å². The minimum atomic E-state index is -0.366. The number of amides is 1. The Hall–Kier alpha value is -2.44. The van der Waals surface area contributed by atoms with Crippen molar-refractivity contribution < 1.29 is 9.90 Å². The van der Waals surface area contributed by atoms with Crippen LogP contribution in [0.1, 0.15) is 18.0 Å². The van der Waals surface area contributed by atoms with Gasteiger partial charge >= 0.3 is 0 Å². The molecule has 6 heteroatoms. The average molecular weight is 284 g/mol. The lowest BCUT2D eigenvalue weighted by Crippen LogP contribution is -2.39. The van der Waals surface area contributed by atoms with Crippen molar-refractivity contribution in [3.8, 4) is 5.75 Å². The van der Waals surface area contributed by atoms with E-state index in [9.17, 15) is 9.90 Å². The minimum Gasteiger partial charge on any atom is -0.508 e. The van der Waals surface area contributed by atoms with Gasteiger partial charge in [0.05, 0.1) is 17.9 Å². The van der Waals surface area contributed by atoms with Gasteiger partial charge in [0.25, 0.3) is 0 Å². The maximum atomic E-state index is 12.2. The van der Waals surface area contributed by atoms with Crippen LogP contribution in [0.3, 0.4) is 0 Å². The number of carbonyl (C=O) groups excluding carboxylic acids is 1. The molecule has 1 amide bonds.